The van der Waals surface area contributed by atoms with Crippen molar-refractivity contribution >= 4 is 28.3 Å². The zero-order valence-corrected chi connectivity index (χ0v) is 16.3. The fourth-order valence-corrected chi connectivity index (χ4v) is 3.28. The minimum Gasteiger partial charge on any atom is -0.350 e. The van der Waals surface area contributed by atoms with E-state index in [4.69, 9.17) is 11.6 Å². The van der Waals surface area contributed by atoms with Crippen molar-refractivity contribution in [3.05, 3.63) is 105 Å². The van der Waals surface area contributed by atoms with Gasteiger partial charge in [-0.3, -0.25) is 9.59 Å². The molecule has 144 valence electrons. The molecular weight excluding hydrogens is 386 g/mol. The molecular formula is C23H18ClN3O2. The number of nitrogens with zero attached hydrogens (tertiary/aromatic N) is 2. The van der Waals surface area contributed by atoms with E-state index in [1.54, 1.807) is 36.4 Å². The third-order valence-electron chi connectivity index (χ3n) is 4.63. The SMILES string of the molecule is O=C(NCCc1ccc(Cl)cc1)c1nn(-c2ccccc2)c(=O)c2ccccc12. The van der Waals surface area contributed by atoms with Crippen LogP contribution in [0.25, 0.3) is 16.5 Å². The quantitative estimate of drug-likeness (QED) is 0.547. The lowest BCUT2D eigenvalue weighted by Crippen LogP contribution is -2.31. The third-order valence-corrected chi connectivity index (χ3v) is 4.89. The standard InChI is InChI=1S/C23H18ClN3O2/c24-17-12-10-16(11-13-17)14-15-25-22(28)21-19-8-4-5-9-20(19)23(29)27(26-21)18-6-2-1-3-7-18/h1-13H,14-15H2,(H,25,28). The molecule has 0 atom stereocenters. The van der Waals surface area contributed by atoms with E-state index in [1.807, 2.05) is 42.5 Å². The summed E-state index contributed by atoms with van der Waals surface area (Å²) in [6, 6.07) is 23.6. The van der Waals surface area contributed by atoms with Gasteiger partial charge < -0.3 is 5.32 Å². The Morgan fingerprint density at radius 3 is 2.28 bits per heavy atom. The molecule has 1 heterocycles. The van der Waals surface area contributed by atoms with Gasteiger partial charge in [-0.05, 0) is 42.3 Å². The van der Waals surface area contributed by atoms with E-state index in [0.717, 1.165) is 5.56 Å². The maximum absolute atomic E-state index is 12.9. The molecule has 0 saturated carbocycles. The monoisotopic (exact) mass is 403 g/mol. The molecule has 0 fully saturated rings. The first-order valence-corrected chi connectivity index (χ1v) is 9.61. The molecule has 0 saturated heterocycles. The average Bonchev–Trinajstić information content (AvgIpc) is 2.76. The highest BCUT2D eigenvalue weighted by Gasteiger charge is 2.17. The minimum atomic E-state index is -0.320. The summed E-state index contributed by atoms with van der Waals surface area (Å²) in [5.74, 6) is -0.320. The van der Waals surface area contributed by atoms with E-state index >= 15 is 0 Å². The van der Waals surface area contributed by atoms with E-state index in [9.17, 15) is 9.59 Å². The maximum Gasteiger partial charge on any atom is 0.279 e. The van der Waals surface area contributed by atoms with E-state index in [-0.39, 0.29) is 17.2 Å². The second kappa shape index (κ2) is 8.29. The van der Waals surface area contributed by atoms with Gasteiger partial charge in [0.05, 0.1) is 11.1 Å². The number of para-hydroxylation sites is 1. The van der Waals surface area contributed by atoms with E-state index in [1.165, 1.54) is 4.68 Å². The van der Waals surface area contributed by atoms with Crippen LogP contribution >= 0.6 is 11.6 Å². The lowest BCUT2D eigenvalue weighted by Gasteiger charge is -2.11. The van der Waals surface area contributed by atoms with Crippen LogP contribution in [0.2, 0.25) is 5.02 Å². The number of hydrogen-bond acceptors (Lipinski definition) is 3. The molecule has 5 nitrogen and oxygen atoms in total. The number of nitrogens with one attached hydrogen (secondary N) is 1. The first-order valence-electron chi connectivity index (χ1n) is 9.23. The lowest BCUT2D eigenvalue weighted by molar-refractivity contribution is 0.0949. The second-order valence-electron chi connectivity index (χ2n) is 6.58. The highest BCUT2D eigenvalue weighted by Crippen LogP contribution is 2.15. The van der Waals surface area contributed by atoms with Gasteiger partial charge in [-0.2, -0.15) is 9.78 Å². The molecule has 1 aromatic heterocycles. The molecule has 0 radical (unpaired) electrons. The maximum atomic E-state index is 12.9. The number of aromatic nitrogens is 2. The summed E-state index contributed by atoms with van der Waals surface area (Å²) < 4.78 is 1.27. The molecule has 6 heteroatoms. The molecule has 4 aromatic rings. The van der Waals surface area contributed by atoms with Gasteiger partial charge in [-0.25, -0.2) is 0 Å². The van der Waals surface area contributed by atoms with Crippen LogP contribution in [0.1, 0.15) is 16.1 Å². The fraction of sp³-hybridized carbons (Fsp3) is 0.0870. The number of carbonyl (C=O) groups excluding carboxylic acids is 1. The van der Waals surface area contributed by atoms with Crippen molar-refractivity contribution in [2.45, 2.75) is 6.42 Å². The fourth-order valence-electron chi connectivity index (χ4n) is 3.16. The van der Waals surface area contributed by atoms with Crippen LogP contribution < -0.4 is 10.9 Å². The molecule has 0 unspecified atom stereocenters. The number of rotatable bonds is 5. The second-order valence-corrected chi connectivity index (χ2v) is 7.02. The highest BCUT2D eigenvalue weighted by molar-refractivity contribution is 6.30. The van der Waals surface area contributed by atoms with Gasteiger partial charge in [0, 0.05) is 17.0 Å². The first-order chi connectivity index (χ1) is 14.1. The van der Waals surface area contributed by atoms with Crippen LogP contribution in [0.5, 0.6) is 0 Å². The smallest absolute Gasteiger partial charge is 0.279 e. The van der Waals surface area contributed by atoms with Crippen molar-refractivity contribution in [1.29, 1.82) is 0 Å². The number of benzene rings is 3. The molecule has 1 N–H and O–H groups in total. The third kappa shape index (κ3) is 4.05. The van der Waals surface area contributed by atoms with Crippen molar-refractivity contribution in [3.8, 4) is 5.69 Å². The van der Waals surface area contributed by atoms with Gasteiger partial charge in [0.25, 0.3) is 11.5 Å². The number of hydrogen-bond donors (Lipinski definition) is 1. The summed E-state index contributed by atoms with van der Waals surface area (Å²) >= 11 is 5.90. The Labute approximate surface area is 172 Å². The zero-order valence-electron chi connectivity index (χ0n) is 15.5. The molecule has 0 aliphatic carbocycles. The van der Waals surface area contributed by atoms with Crippen molar-refractivity contribution in [3.63, 3.8) is 0 Å². The summed E-state index contributed by atoms with van der Waals surface area (Å²) in [5, 5.41) is 8.95. The topological polar surface area (TPSA) is 64.0 Å². The molecule has 3 aromatic carbocycles. The molecule has 0 spiro atoms. The Hall–Kier alpha value is -3.44. The molecule has 0 bridgehead atoms. The zero-order chi connectivity index (χ0) is 20.2. The molecule has 1 amide bonds. The average molecular weight is 404 g/mol. The Morgan fingerprint density at radius 2 is 1.55 bits per heavy atom. The predicted octanol–water partition coefficient (Wildman–Crippen LogP) is 4.01. The van der Waals surface area contributed by atoms with Gasteiger partial charge >= 0.3 is 0 Å². The van der Waals surface area contributed by atoms with Gasteiger partial charge in [-0.1, -0.05) is 60.1 Å². The van der Waals surface area contributed by atoms with Gasteiger partial charge in [0.15, 0.2) is 5.69 Å². The molecule has 4 rings (SSSR count). The van der Waals surface area contributed by atoms with Crippen molar-refractivity contribution < 1.29 is 4.79 Å². The first kappa shape index (κ1) is 18.9. The Bertz CT molecular complexity index is 1220. The van der Waals surface area contributed by atoms with Crippen molar-refractivity contribution in [2.24, 2.45) is 0 Å². The summed E-state index contributed by atoms with van der Waals surface area (Å²) in [6.07, 6.45) is 0.666. The summed E-state index contributed by atoms with van der Waals surface area (Å²) in [4.78, 5) is 25.8. The predicted molar refractivity (Wildman–Crippen MR) is 115 cm³/mol. The summed E-state index contributed by atoms with van der Waals surface area (Å²) in [6.45, 7) is 0.445. The van der Waals surface area contributed by atoms with Crippen LogP contribution in [-0.4, -0.2) is 22.2 Å². The summed E-state index contributed by atoms with van der Waals surface area (Å²) in [5.41, 5.74) is 1.64. The number of fused-ring (bicyclic) bond motifs is 1. The molecule has 29 heavy (non-hydrogen) atoms. The van der Waals surface area contributed by atoms with Crippen LogP contribution in [-0.2, 0) is 6.42 Å². The Balaban J connectivity index is 1.65. The van der Waals surface area contributed by atoms with Gasteiger partial charge in [0.1, 0.15) is 0 Å². The van der Waals surface area contributed by atoms with E-state index in [2.05, 4.69) is 10.4 Å². The summed E-state index contributed by atoms with van der Waals surface area (Å²) in [7, 11) is 0. The highest BCUT2D eigenvalue weighted by atomic mass is 35.5. The van der Waals surface area contributed by atoms with Crippen LogP contribution in [0, 0.1) is 0 Å². The molecule has 0 aliphatic rings. The Morgan fingerprint density at radius 1 is 0.897 bits per heavy atom. The van der Waals surface area contributed by atoms with Crippen LogP contribution in [0.15, 0.2) is 83.7 Å². The number of carbonyl (C=O) groups is 1. The van der Waals surface area contributed by atoms with Crippen LogP contribution in [0.4, 0.5) is 0 Å². The normalized spacial score (nSPS) is 10.8. The molecule has 0 aliphatic heterocycles. The van der Waals surface area contributed by atoms with Gasteiger partial charge in [-0.15, -0.1) is 0 Å². The number of amides is 1. The van der Waals surface area contributed by atoms with Gasteiger partial charge in [0.2, 0.25) is 0 Å². The van der Waals surface area contributed by atoms with Crippen molar-refractivity contribution in [1.82, 2.24) is 15.1 Å². The van der Waals surface area contributed by atoms with Crippen LogP contribution in [0.3, 0.4) is 0 Å². The van der Waals surface area contributed by atoms with E-state index in [0.29, 0.717) is 34.4 Å². The largest absolute Gasteiger partial charge is 0.350 e. The van der Waals surface area contributed by atoms with Crippen molar-refractivity contribution in [2.75, 3.05) is 6.54 Å². The minimum absolute atomic E-state index is 0.222. The Kier molecular flexibility index (Phi) is 5.40. The lowest BCUT2D eigenvalue weighted by atomic mass is 10.1. The number of halogens is 1. The van der Waals surface area contributed by atoms with E-state index < -0.39 is 0 Å².